The fourth-order valence-electron chi connectivity index (χ4n) is 3.90. The summed E-state index contributed by atoms with van der Waals surface area (Å²) in [6.45, 7) is 8.60. The SMILES string of the molecule is Cc1ccc(C(c2cnc3ccccc3c2)N2CCNCC2)c(C)c1. The van der Waals surface area contributed by atoms with Crippen LogP contribution in [0, 0.1) is 13.8 Å². The summed E-state index contributed by atoms with van der Waals surface area (Å²) >= 11 is 0. The number of benzene rings is 2. The number of hydrogen-bond donors (Lipinski definition) is 1. The lowest BCUT2D eigenvalue weighted by Crippen LogP contribution is -2.45. The van der Waals surface area contributed by atoms with Gasteiger partial charge in [-0.15, -0.1) is 0 Å². The Bertz CT molecular complexity index is 881. The monoisotopic (exact) mass is 331 g/mol. The van der Waals surface area contributed by atoms with Gasteiger partial charge in [0, 0.05) is 37.8 Å². The first-order valence-electron chi connectivity index (χ1n) is 9.09. The number of aromatic nitrogens is 1. The largest absolute Gasteiger partial charge is 0.314 e. The maximum Gasteiger partial charge on any atom is 0.0702 e. The van der Waals surface area contributed by atoms with Gasteiger partial charge in [0.1, 0.15) is 0 Å². The second-order valence-corrected chi connectivity index (χ2v) is 7.01. The van der Waals surface area contributed by atoms with E-state index in [0.717, 1.165) is 31.7 Å². The van der Waals surface area contributed by atoms with E-state index in [1.165, 1.54) is 27.6 Å². The molecule has 1 aliphatic rings. The molecule has 0 bridgehead atoms. The second-order valence-electron chi connectivity index (χ2n) is 7.01. The van der Waals surface area contributed by atoms with Crippen LogP contribution in [-0.4, -0.2) is 36.1 Å². The third-order valence-electron chi connectivity index (χ3n) is 5.16. The number of piperazine rings is 1. The minimum absolute atomic E-state index is 0.264. The third-order valence-corrected chi connectivity index (χ3v) is 5.16. The van der Waals surface area contributed by atoms with Gasteiger partial charge >= 0.3 is 0 Å². The van der Waals surface area contributed by atoms with E-state index in [2.05, 4.69) is 72.7 Å². The first kappa shape index (κ1) is 16.2. The highest BCUT2D eigenvalue weighted by molar-refractivity contribution is 5.79. The summed E-state index contributed by atoms with van der Waals surface area (Å²) in [4.78, 5) is 7.31. The summed E-state index contributed by atoms with van der Waals surface area (Å²) < 4.78 is 0. The van der Waals surface area contributed by atoms with E-state index < -0.39 is 0 Å². The van der Waals surface area contributed by atoms with Crippen LogP contribution >= 0.6 is 0 Å². The number of aryl methyl sites for hydroxylation is 2. The molecule has 1 aliphatic heterocycles. The van der Waals surface area contributed by atoms with Crippen molar-refractivity contribution in [3.8, 4) is 0 Å². The molecule has 0 amide bonds. The standard InChI is InChI=1S/C22H25N3/c1-16-7-8-20(17(2)13-16)22(25-11-9-23-10-12-25)19-14-18-5-3-4-6-21(18)24-15-19/h3-8,13-15,22-23H,9-12H2,1-2H3. The molecule has 128 valence electrons. The molecule has 3 nitrogen and oxygen atoms in total. The van der Waals surface area contributed by atoms with Crippen LogP contribution in [0.25, 0.3) is 10.9 Å². The molecule has 3 heteroatoms. The van der Waals surface area contributed by atoms with Crippen LogP contribution < -0.4 is 5.32 Å². The molecule has 0 radical (unpaired) electrons. The number of pyridine rings is 1. The second kappa shape index (κ2) is 6.95. The zero-order valence-electron chi connectivity index (χ0n) is 15.0. The van der Waals surface area contributed by atoms with Gasteiger partial charge in [0.2, 0.25) is 0 Å². The Morgan fingerprint density at radius 2 is 1.80 bits per heavy atom. The Labute approximate surface area is 149 Å². The number of hydrogen-bond acceptors (Lipinski definition) is 3. The fourth-order valence-corrected chi connectivity index (χ4v) is 3.90. The summed E-state index contributed by atoms with van der Waals surface area (Å²) in [6.07, 6.45) is 2.06. The highest BCUT2D eigenvalue weighted by atomic mass is 15.2. The van der Waals surface area contributed by atoms with Crippen molar-refractivity contribution in [3.63, 3.8) is 0 Å². The van der Waals surface area contributed by atoms with Crippen molar-refractivity contribution in [2.24, 2.45) is 0 Å². The van der Waals surface area contributed by atoms with E-state index >= 15 is 0 Å². The fraction of sp³-hybridized carbons (Fsp3) is 0.318. The van der Waals surface area contributed by atoms with Gasteiger partial charge in [-0.05, 0) is 42.7 Å². The maximum atomic E-state index is 4.73. The van der Waals surface area contributed by atoms with Crippen molar-refractivity contribution < 1.29 is 0 Å². The highest BCUT2D eigenvalue weighted by Gasteiger charge is 2.25. The van der Waals surface area contributed by atoms with Crippen molar-refractivity contribution in [2.75, 3.05) is 26.2 Å². The number of nitrogens with one attached hydrogen (secondary N) is 1. The zero-order valence-corrected chi connectivity index (χ0v) is 15.0. The zero-order chi connectivity index (χ0) is 17.2. The minimum Gasteiger partial charge on any atom is -0.314 e. The highest BCUT2D eigenvalue weighted by Crippen LogP contribution is 2.32. The Morgan fingerprint density at radius 3 is 2.60 bits per heavy atom. The van der Waals surface area contributed by atoms with E-state index in [1.807, 2.05) is 6.07 Å². The maximum absolute atomic E-state index is 4.73. The molecule has 2 aromatic carbocycles. The van der Waals surface area contributed by atoms with Crippen LogP contribution in [0.2, 0.25) is 0 Å². The Balaban J connectivity index is 1.83. The molecule has 1 unspecified atom stereocenters. The molecule has 4 rings (SSSR count). The van der Waals surface area contributed by atoms with E-state index in [-0.39, 0.29) is 6.04 Å². The van der Waals surface area contributed by atoms with Crippen molar-refractivity contribution in [2.45, 2.75) is 19.9 Å². The van der Waals surface area contributed by atoms with Gasteiger partial charge in [0.15, 0.2) is 0 Å². The Kier molecular flexibility index (Phi) is 4.51. The van der Waals surface area contributed by atoms with Gasteiger partial charge in [-0.1, -0.05) is 42.0 Å². The molecule has 1 fully saturated rings. The molecule has 1 atom stereocenters. The van der Waals surface area contributed by atoms with Crippen LogP contribution in [0.4, 0.5) is 0 Å². The molecule has 0 aliphatic carbocycles. The summed E-state index contributed by atoms with van der Waals surface area (Å²) in [6, 6.07) is 17.8. The predicted octanol–water partition coefficient (Wildman–Crippen LogP) is 3.85. The normalized spacial score (nSPS) is 16.9. The third kappa shape index (κ3) is 3.30. The van der Waals surface area contributed by atoms with Gasteiger partial charge in [-0.2, -0.15) is 0 Å². The van der Waals surface area contributed by atoms with Crippen molar-refractivity contribution in [3.05, 3.63) is 77.0 Å². The summed E-state index contributed by atoms with van der Waals surface area (Å²) in [5.74, 6) is 0. The Hall–Kier alpha value is -2.23. The number of nitrogens with zero attached hydrogens (tertiary/aromatic N) is 2. The summed E-state index contributed by atoms with van der Waals surface area (Å²) in [5, 5.41) is 4.68. The van der Waals surface area contributed by atoms with Gasteiger partial charge in [0.25, 0.3) is 0 Å². The van der Waals surface area contributed by atoms with Crippen molar-refractivity contribution >= 4 is 10.9 Å². The molecular weight excluding hydrogens is 306 g/mol. The van der Waals surface area contributed by atoms with Crippen LogP contribution in [0.1, 0.15) is 28.3 Å². The molecule has 2 heterocycles. The summed E-state index contributed by atoms with van der Waals surface area (Å²) in [5.41, 5.74) is 6.41. The van der Waals surface area contributed by atoms with E-state index in [1.54, 1.807) is 0 Å². The smallest absolute Gasteiger partial charge is 0.0702 e. The predicted molar refractivity (Wildman–Crippen MR) is 104 cm³/mol. The van der Waals surface area contributed by atoms with E-state index in [9.17, 15) is 0 Å². The molecule has 25 heavy (non-hydrogen) atoms. The minimum atomic E-state index is 0.264. The first-order valence-corrected chi connectivity index (χ1v) is 9.09. The van der Waals surface area contributed by atoms with Crippen LogP contribution in [-0.2, 0) is 0 Å². The van der Waals surface area contributed by atoms with Crippen molar-refractivity contribution in [1.82, 2.24) is 15.2 Å². The van der Waals surface area contributed by atoms with Gasteiger partial charge < -0.3 is 5.32 Å². The lowest BCUT2D eigenvalue weighted by molar-refractivity contribution is 0.198. The molecular formula is C22H25N3. The van der Waals surface area contributed by atoms with Gasteiger partial charge in [-0.3, -0.25) is 9.88 Å². The average Bonchev–Trinajstić information content (AvgIpc) is 2.64. The quantitative estimate of drug-likeness (QED) is 0.790. The number of fused-ring (bicyclic) bond motifs is 1. The van der Waals surface area contributed by atoms with Crippen LogP contribution in [0.3, 0.4) is 0 Å². The van der Waals surface area contributed by atoms with Gasteiger partial charge in [-0.25, -0.2) is 0 Å². The van der Waals surface area contributed by atoms with Crippen LogP contribution in [0.5, 0.6) is 0 Å². The topological polar surface area (TPSA) is 28.2 Å². The summed E-state index contributed by atoms with van der Waals surface area (Å²) in [7, 11) is 0. The number of para-hydroxylation sites is 1. The average molecular weight is 331 g/mol. The van der Waals surface area contributed by atoms with Gasteiger partial charge in [0.05, 0.1) is 11.6 Å². The van der Waals surface area contributed by atoms with E-state index in [0.29, 0.717) is 0 Å². The number of rotatable bonds is 3. The molecule has 1 N–H and O–H groups in total. The van der Waals surface area contributed by atoms with Crippen molar-refractivity contribution in [1.29, 1.82) is 0 Å². The molecule has 0 saturated carbocycles. The lowest BCUT2D eigenvalue weighted by atomic mass is 9.92. The molecule has 3 aromatic rings. The molecule has 1 saturated heterocycles. The first-order chi connectivity index (χ1) is 12.2. The molecule has 0 spiro atoms. The Morgan fingerprint density at radius 1 is 1.00 bits per heavy atom. The lowest BCUT2D eigenvalue weighted by Gasteiger charge is -2.36. The molecule has 1 aromatic heterocycles. The van der Waals surface area contributed by atoms with Crippen LogP contribution in [0.15, 0.2) is 54.7 Å². The van der Waals surface area contributed by atoms with E-state index in [4.69, 9.17) is 4.98 Å².